The van der Waals surface area contributed by atoms with E-state index in [1.165, 1.54) is 0 Å². The Balaban J connectivity index is 1.29. The molecule has 2 aromatic rings. The first kappa shape index (κ1) is 22.6. The van der Waals surface area contributed by atoms with E-state index in [0.717, 1.165) is 63.0 Å². The van der Waals surface area contributed by atoms with Crippen molar-refractivity contribution >= 4 is 17.8 Å². The predicted molar refractivity (Wildman–Crippen MR) is 131 cm³/mol. The summed E-state index contributed by atoms with van der Waals surface area (Å²) in [5.41, 5.74) is 0.576. The third kappa shape index (κ3) is 4.09. The number of hydrogen-bond acceptors (Lipinski definition) is 4. The molecule has 5 rings (SSSR count). The highest BCUT2D eigenvalue weighted by Gasteiger charge is 2.52. The average molecular weight is 460 g/mol. The van der Waals surface area contributed by atoms with Gasteiger partial charge in [0.25, 0.3) is 5.91 Å². The summed E-state index contributed by atoms with van der Waals surface area (Å²) in [6, 6.07) is 19.4. The molecule has 0 spiro atoms. The molecule has 178 valence electrons. The average Bonchev–Trinajstić information content (AvgIpc) is 3.16. The molecular weight excluding hydrogens is 426 g/mol. The zero-order valence-electron chi connectivity index (χ0n) is 19.5. The van der Waals surface area contributed by atoms with Crippen molar-refractivity contribution in [2.45, 2.75) is 31.2 Å². The van der Waals surface area contributed by atoms with Gasteiger partial charge in [-0.15, -0.1) is 0 Å². The molecule has 3 aliphatic rings. The smallest absolute Gasteiger partial charge is 0.264 e. The van der Waals surface area contributed by atoms with Gasteiger partial charge in [-0.2, -0.15) is 0 Å². The molecule has 3 saturated heterocycles. The second-order valence-electron chi connectivity index (χ2n) is 9.66. The number of likely N-dealkylation sites (tertiary alicyclic amines) is 1. The summed E-state index contributed by atoms with van der Waals surface area (Å²) < 4.78 is 0. The maximum Gasteiger partial charge on any atom is 0.264 e. The van der Waals surface area contributed by atoms with Gasteiger partial charge in [0, 0.05) is 25.6 Å². The number of nitrogens with zero attached hydrogens (tertiary/aromatic N) is 2. The number of carbonyl (C=O) groups excluding carboxylic acids is 2. The second-order valence-corrected chi connectivity index (χ2v) is 9.66. The number of piperidine rings is 2. The van der Waals surface area contributed by atoms with Gasteiger partial charge in [-0.1, -0.05) is 60.7 Å². The summed E-state index contributed by atoms with van der Waals surface area (Å²) in [4.78, 5) is 30.5. The van der Waals surface area contributed by atoms with Crippen molar-refractivity contribution < 1.29 is 9.59 Å². The predicted octanol–water partition coefficient (Wildman–Crippen LogP) is 2.53. The van der Waals surface area contributed by atoms with Crippen LogP contribution in [0.4, 0.5) is 0 Å². The zero-order chi connectivity index (χ0) is 23.5. The lowest BCUT2D eigenvalue weighted by Gasteiger charge is -2.36. The third-order valence-corrected chi connectivity index (χ3v) is 7.61. The van der Waals surface area contributed by atoms with Crippen molar-refractivity contribution in [2.75, 3.05) is 32.7 Å². The standard InChI is InChI=1S/C27H33N5O2/c28-26-30-27(22-7-3-1-4-8-22,23-9-5-2-6-10-23)25(34)32(26)19-20-13-17-31(18-14-20)24(33)21-11-15-29-16-12-21/h1-10,20-21,29H,11-19H2,(H2,28,30). The van der Waals surface area contributed by atoms with Gasteiger partial charge in [-0.25, -0.2) is 0 Å². The van der Waals surface area contributed by atoms with E-state index in [1.54, 1.807) is 4.90 Å². The molecule has 3 fully saturated rings. The van der Waals surface area contributed by atoms with Crippen molar-refractivity contribution in [2.24, 2.45) is 11.8 Å². The number of nitrogens with one attached hydrogen (secondary N) is 3. The summed E-state index contributed by atoms with van der Waals surface area (Å²) in [7, 11) is 0. The Kier molecular flexibility index (Phi) is 6.37. The van der Waals surface area contributed by atoms with E-state index in [4.69, 9.17) is 5.41 Å². The van der Waals surface area contributed by atoms with Crippen molar-refractivity contribution in [1.29, 1.82) is 5.41 Å². The Hall–Kier alpha value is -3.19. The Labute approximate surface area is 201 Å². The molecule has 0 atom stereocenters. The molecule has 7 heteroatoms. The molecule has 3 heterocycles. The van der Waals surface area contributed by atoms with Crippen LogP contribution in [0.2, 0.25) is 0 Å². The summed E-state index contributed by atoms with van der Waals surface area (Å²) in [5, 5.41) is 15.2. The van der Waals surface area contributed by atoms with Crippen LogP contribution in [0.25, 0.3) is 0 Å². The highest BCUT2D eigenvalue weighted by atomic mass is 16.2. The van der Waals surface area contributed by atoms with Crippen molar-refractivity contribution in [3.63, 3.8) is 0 Å². The molecule has 0 aromatic heterocycles. The first-order valence-corrected chi connectivity index (χ1v) is 12.4. The number of amides is 2. The molecule has 0 saturated carbocycles. The number of hydrogen-bond donors (Lipinski definition) is 3. The van der Waals surface area contributed by atoms with Crippen LogP contribution in [0, 0.1) is 17.2 Å². The van der Waals surface area contributed by atoms with E-state index >= 15 is 0 Å². The van der Waals surface area contributed by atoms with Crippen molar-refractivity contribution in [1.82, 2.24) is 20.4 Å². The number of rotatable bonds is 5. The zero-order valence-corrected chi connectivity index (χ0v) is 19.5. The van der Waals surface area contributed by atoms with Crippen LogP contribution in [0.3, 0.4) is 0 Å². The fourth-order valence-electron chi connectivity index (χ4n) is 5.63. The van der Waals surface area contributed by atoms with Gasteiger partial charge < -0.3 is 15.5 Å². The Morgan fingerprint density at radius 3 is 2.03 bits per heavy atom. The summed E-state index contributed by atoms with van der Waals surface area (Å²) in [6.45, 7) is 3.81. The Morgan fingerprint density at radius 2 is 1.47 bits per heavy atom. The van der Waals surface area contributed by atoms with Gasteiger partial charge in [0.2, 0.25) is 5.91 Å². The quantitative estimate of drug-likeness (QED) is 0.641. The monoisotopic (exact) mass is 459 g/mol. The first-order valence-electron chi connectivity index (χ1n) is 12.4. The lowest BCUT2D eigenvalue weighted by molar-refractivity contribution is -0.138. The minimum absolute atomic E-state index is 0.108. The van der Waals surface area contributed by atoms with E-state index in [1.807, 2.05) is 65.6 Å². The molecule has 34 heavy (non-hydrogen) atoms. The van der Waals surface area contributed by atoms with E-state index in [-0.39, 0.29) is 23.7 Å². The largest absolute Gasteiger partial charge is 0.342 e. The van der Waals surface area contributed by atoms with Gasteiger partial charge in [-0.3, -0.25) is 19.9 Å². The Bertz CT molecular complexity index is 988. The maximum absolute atomic E-state index is 13.9. The Morgan fingerprint density at radius 1 is 0.912 bits per heavy atom. The molecule has 2 amide bonds. The van der Waals surface area contributed by atoms with Crippen LogP contribution in [0.5, 0.6) is 0 Å². The molecule has 3 N–H and O–H groups in total. The van der Waals surface area contributed by atoms with Crippen molar-refractivity contribution in [3.05, 3.63) is 71.8 Å². The SMILES string of the molecule is N=C1NC(c2ccccc2)(c2ccccc2)C(=O)N1CC1CCN(C(=O)C2CCNCC2)CC1. The lowest BCUT2D eigenvalue weighted by Crippen LogP contribution is -2.47. The second kappa shape index (κ2) is 9.58. The van der Waals surface area contributed by atoms with E-state index in [9.17, 15) is 9.59 Å². The van der Waals surface area contributed by atoms with E-state index < -0.39 is 5.54 Å². The lowest BCUT2D eigenvalue weighted by atomic mass is 9.82. The van der Waals surface area contributed by atoms with Gasteiger partial charge in [0.15, 0.2) is 11.5 Å². The molecular formula is C27H33N5O2. The van der Waals surface area contributed by atoms with Crippen LogP contribution < -0.4 is 10.6 Å². The fraction of sp³-hybridized carbons (Fsp3) is 0.444. The van der Waals surface area contributed by atoms with Crippen LogP contribution in [0.1, 0.15) is 36.8 Å². The topological polar surface area (TPSA) is 88.5 Å². The van der Waals surface area contributed by atoms with Gasteiger partial charge >= 0.3 is 0 Å². The van der Waals surface area contributed by atoms with Gasteiger partial charge in [0.1, 0.15) is 0 Å². The van der Waals surface area contributed by atoms with Crippen LogP contribution >= 0.6 is 0 Å². The summed E-state index contributed by atoms with van der Waals surface area (Å²) in [5.74, 6) is 0.742. The van der Waals surface area contributed by atoms with Gasteiger partial charge in [0.05, 0.1) is 0 Å². The summed E-state index contributed by atoms with van der Waals surface area (Å²) in [6.07, 6.45) is 3.56. The minimum Gasteiger partial charge on any atom is -0.342 e. The molecule has 0 aliphatic carbocycles. The minimum atomic E-state index is -1.09. The number of guanidine groups is 1. The number of benzene rings is 2. The van der Waals surface area contributed by atoms with E-state index in [0.29, 0.717) is 12.5 Å². The molecule has 0 radical (unpaired) electrons. The highest BCUT2D eigenvalue weighted by molar-refractivity contribution is 6.10. The van der Waals surface area contributed by atoms with Crippen LogP contribution in [0.15, 0.2) is 60.7 Å². The van der Waals surface area contributed by atoms with Crippen LogP contribution in [-0.4, -0.2) is 60.3 Å². The molecule has 7 nitrogen and oxygen atoms in total. The van der Waals surface area contributed by atoms with Gasteiger partial charge in [-0.05, 0) is 55.8 Å². The van der Waals surface area contributed by atoms with Crippen molar-refractivity contribution in [3.8, 4) is 0 Å². The fourth-order valence-corrected chi connectivity index (χ4v) is 5.63. The maximum atomic E-state index is 13.9. The first-order chi connectivity index (χ1) is 16.6. The third-order valence-electron chi connectivity index (χ3n) is 7.61. The summed E-state index contributed by atoms with van der Waals surface area (Å²) >= 11 is 0. The van der Waals surface area contributed by atoms with E-state index in [2.05, 4.69) is 10.6 Å². The molecule has 0 unspecified atom stereocenters. The molecule has 0 bridgehead atoms. The molecule has 2 aromatic carbocycles. The normalized spacial score (nSPS) is 21.5. The number of carbonyl (C=O) groups is 2. The van der Waals surface area contributed by atoms with Crippen LogP contribution in [-0.2, 0) is 15.1 Å². The highest BCUT2D eigenvalue weighted by Crippen LogP contribution is 2.36. The molecule has 3 aliphatic heterocycles.